The zero-order valence-electron chi connectivity index (χ0n) is 12.3. The molecule has 1 radical (unpaired) electrons. The Morgan fingerprint density at radius 1 is 0.895 bits per heavy atom. The molecule has 3 N–H and O–H groups in total. The van der Waals surface area contributed by atoms with E-state index in [0.717, 1.165) is 32.1 Å². The fourth-order valence-electron chi connectivity index (χ4n) is 2.07. The van der Waals surface area contributed by atoms with E-state index in [1.165, 1.54) is 44.9 Å². The molecule has 0 unspecified atom stereocenters. The highest BCUT2D eigenvalue weighted by molar-refractivity contribution is 7.54. The second-order valence-corrected chi connectivity index (χ2v) is 6.64. The minimum Gasteiger partial charge on any atom is -0.324 e. The zero-order valence-corrected chi connectivity index (χ0v) is 13.2. The molecule has 4 nitrogen and oxygen atoms in total. The van der Waals surface area contributed by atoms with Crippen LogP contribution in [-0.2, 0) is 4.57 Å². The maximum atomic E-state index is 10.6. The van der Waals surface area contributed by atoms with Crippen LogP contribution in [0.5, 0.6) is 0 Å². The molecule has 5 heteroatoms. The van der Waals surface area contributed by atoms with Gasteiger partial charge in [0.2, 0.25) is 0 Å². The van der Waals surface area contributed by atoms with Crippen molar-refractivity contribution in [2.24, 2.45) is 0 Å². The standard InChI is InChI=1S/C14H31NO3P/c1-2-15-13-11-9-7-5-3-4-6-8-10-12-14-19(16,17)18/h14-15H,2-13H2,1H3,(H2,16,17,18). The van der Waals surface area contributed by atoms with Crippen molar-refractivity contribution >= 4 is 7.60 Å². The smallest absolute Gasteiger partial charge is 0.324 e. The Hall–Kier alpha value is 0.110. The van der Waals surface area contributed by atoms with Crippen LogP contribution in [0.15, 0.2) is 0 Å². The maximum absolute atomic E-state index is 10.6. The van der Waals surface area contributed by atoms with E-state index < -0.39 is 7.60 Å². The molecule has 0 aliphatic heterocycles. The number of nitrogens with one attached hydrogen (secondary N) is 1. The fourth-order valence-corrected chi connectivity index (χ4v) is 2.59. The van der Waals surface area contributed by atoms with Crippen molar-refractivity contribution < 1.29 is 14.4 Å². The first-order chi connectivity index (χ1) is 9.06. The molecule has 0 aliphatic carbocycles. The van der Waals surface area contributed by atoms with Gasteiger partial charge in [0.05, 0.1) is 6.16 Å². The van der Waals surface area contributed by atoms with Crippen molar-refractivity contribution in [3.63, 3.8) is 0 Å². The molecule has 0 aromatic rings. The molecule has 0 fully saturated rings. The Kier molecular flexibility index (Phi) is 13.2. The van der Waals surface area contributed by atoms with Crippen molar-refractivity contribution in [3.8, 4) is 0 Å². The molecular formula is C14H31NO3P. The number of hydrogen-bond acceptors (Lipinski definition) is 2. The van der Waals surface area contributed by atoms with Crippen molar-refractivity contribution in [2.45, 2.75) is 71.1 Å². The van der Waals surface area contributed by atoms with Gasteiger partial charge < -0.3 is 15.1 Å². The highest BCUT2D eigenvalue weighted by Crippen LogP contribution is 2.40. The van der Waals surface area contributed by atoms with E-state index in [-0.39, 0.29) is 0 Å². The molecule has 0 atom stereocenters. The van der Waals surface area contributed by atoms with E-state index in [1.54, 1.807) is 0 Å². The average molecular weight is 292 g/mol. The Bertz CT molecular complexity index is 231. The van der Waals surface area contributed by atoms with Crippen LogP contribution in [0.25, 0.3) is 0 Å². The van der Waals surface area contributed by atoms with E-state index in [4.69, 9.17) is 9.79 Å². The molecule has 0 aliphatic rings. The van der Waals surface area contributed by atoms with Gasteiger partial charge in [-0.25, -0.2) is 0 Å². The van der Waals surface area contributed by atoms with Gasteiger partial charge in [-0.3, -0.25) is 4.57 Å². The van der Waals surface area contributed by atoms with Crippen molar-refractivity contribution in [2.75, 3.05) is 13.1 Å². The third-order valence-corrected chi connectivity index (χ3v) is 3.91. The summed E-state index contributed by atoms with van der Waals surface area (Å²) in [5.74, 6) is 0. The summed E-state index contributed by atoms with van der Waals surface area (Å²) in [6.07, 6.45) is 12.6. The predicted molar refractivity (Wildman–Crippen MR) is 81.1 cm³/mol. The summed E-state index contributed by atoms with van der Waals surface area (Å²) in [6.45, 7) is 4.35. The first-order valence-electron chi connectivity index (χ1n) is 7.66. The second-order valence-electron chi connectivity index (χ2n) is 5.10. The Balaban J connectivity index is 3.01. The molecular weight excluding hydrogens is 261 g/mol. The van der Waals surface area contributed by atoms with Gasteiger partial charge in [0.25, 0.3) is 0 Å². The van der Waals surface area contributed by atoms with Crippen LogP contribution in [0.4, 0.5) is 0 Å². The highest BCUT2D eigenvalue weighted by atomic mass is 31.2. The Labute approximate surface area is 118 Å². The van der Waals surface area contributed by atoms with Crippen molar-refractivity contribution in [1.29, 1.82) is 0 Å². The zero-order chi connectivity index (χ0) is 14.4. The summed E-state index contributed by atoms with van der Waals surface area (Å²) >= 11 is 0. The molecule has 0 heterocycles. The molecule has 0 bridgehead atoms. The first kappa shape index (κ1) is 19.1. The molecule has 0 saturated carbocycles. The number of rotatable bonds is 14. The Morgan fingerprint density at radius 3 is 1.84 bits per heavy atom. The summed E-state index contributed by atoms with van der Waals surface area (Å²) in [7, 11) is -3.88. The highest BCUT2D eigenvalue weighted by Gasteiger charge is 2.11. The van der Waals surface area contributed by atoms with Crippen LogP contribution < -0.4 is 5.32 Å². The van der Waals surface area contributed by atoms with Gasteiger partial charge >= 0.3 is 7.60 Å². The Morgan fingerprint density at radius 2 is 1.37 bits per heavy atom. The lowest BCUT2D eigenvalue weighted by Gasteiger charge is -2.04. The van der Waals surface area contributed by atoms with Gasteiger partial charge in [0.15, 0.2) is 0 Å². The van der Waals surface area contributed by atoms with Crippen LogP contribution >= 0.6 is 7.60 Å². The van der Waals surface area contributed by atoms with E-state index in [2.05, 4.69) is 12.2 Å². The topological polar surface area (TPSA) is 69.6 Å². The summed E-state index contributed by atoms with van der Waals surface area (Å²) in [6, 6.07) is 0. The first-order valence-corrected chi connectivity index (χ1v) is 9.34. The monoisotopic (exact) mass is 292 g/mol. The van der Waals surface area contributed by atoms with Gasteiger partial charge in [-0.1, -0.05) is 58.3 Å². The van der Waals surface area contributed by atoms with Crippen LogP contribution in [0.2, 0.25) is 0 Å². The van der Waals surface area contributed by atoms with Crippen LogP contribution in [0.3, 0.4) is 0 Å². The lowest BCUT2D eigenvalue weighted by Crippen LogP contribution is -2.13. The number of unbranched alkanes of at least 4 members (excludes halogenated alkanes) is 9. The quantitative estimate of drug-likeness (QED) is 0.336. The lowest BCUT2D eigenvalue weighted by atomic mass is 10.1. The molecule has 0 spiro atoms. The molecule has 0 amide bonds. The van der Waals surface area contributed by atoms with E-state index in [9.17, 15) is 4.57 Å². The van der Waals surface area contributed by atoms with Gasteiger partial charge in [-0.05, 0) is 25.9 Å². The van der Waals surface area contributed by atoms with Gasteiger partial charge in [0, 0.05) is 0 Å². The van der Waals surface area contributed by atoms with Crippen LogP contribution in [0, 0.1) is 6.16 Å². The molecule has 19 heavy (non-hydrogen) atoms. The largest absolute Gasteiger partial charge is 0.329 e. The van der Waals surface area contributed by atoms with E-state index >= 15 is 0 Å². The normalized spacial score (nSPS) is 11.9. The van der Waals surface area contributed by atoms with Gasteiger partial charge in [-0.2, -0.15) is 0 Å². The van der Waals surface area contributed by atoms with Gasteiger partial charge in [-0.15, -0.1) is 0 Å². The molecule has 115 valence electrons. The second kappa shape index (κ2) is 13.1. The average Bonchev–Trinajstić information content (AvgIpc) is 2.34. The van der Waals surface area contributed by atoms with Gasteiger partial charge in [0.1, 0.15) is 0 Å². The van der Waals surface area contributed by atoms with Crippen molar-refractivity contribution in [3.05, 3.63) is 6.16 Å². The maximum Gasteiger partial charge on any atom is 0.329 e. The van der Waals surface area contributed by atoms with Crippen LogP contribution in [-0.4, -0.2) is 22.9 Å². The SMILES string of the molecule is CCNCCCCCCCCCCC[CH]P(=O)(O)O. The lowest BCUT2D eigenvalue weighted by molar-refractivity contribution is 0.378. The van der Waals surface area contributed by atoms with E-state index in [1.807, 2.05) is 0 Å². The summed E-state index contributed by atoms with van der Waals surface area (Å²) < 4.78 is 10.6. The fraction of sp³-hybridized carbons (Fsp3) is 0.929. The summed E-state index contributed by atoms with van der Waals surface area (Å²) in [5.41, 5.74) is 0. The van der Waals surface area contributed by atoms with Crippen molar-refractivity contribution in [1.82, 2.24) is 5.32 Å². The third kappa shape index (κ3) is 18.1. The predicted octanol–water partition coefficient (Wildman–Crippen LogP) is 3.84. The molecule has 0 aromatic carbocycles. The molecule has 0 saturated heterocycles. The third-order valence-electron chi connectivity index (χ3n) is 3.17. The summed E-state index contributed by atoms with van der Waals surface area (Å²) in [5, 5.41) is 3.33. The molecule has 0 rings (SSSR count). The molecule has 0 aromatic heterocycles. The van der Waals surface area contributed by atoms with Crippen LogP contribution in [0.1, 0.15) is 71.1 Å². The van der Waals surface area contributed by atoms with E-state index in [0.29, 0.717) is 6.42 Å². The minimum atomic E-state index is -3.88. The summed E-state index contributed by atoms with van der Waals surface area (Å²) in [4.78, 5) is 17.3. The number of hydrogen-bond donors (Lipinski definition) is 3. The minimum absolute atomic E-state index is 0.536.